The third-order valence-corrected chi connectivity index (χ3v) is 2.65. The van der Waals surface area contributed by atoms with Crippen LogP contribution in [0.4, 0.5) is 11.6 Å². The van der Waals surface area contributed by atoms with Gasteiger partial charge < -0.3 is 10.1 Å². The summed E-state index contributed by atoms with van der Waals surface area (Å²) < 4.78 is 1.34. The molecule has 1 heterocycles. The SMILES string of the molecule is Cn1c(C=NNc2ccc(Cl)cc2)cnc1[N+](=O)[O-]. The third-order valence-electron chi connectivity index (χ3n) is 2.40. The maximum absolute atomic E-state index is 10.6. The van der Waals surface area contributed by atoms with Gasteiger partial charge in [-0.3, -0.25) is 5.43 Å². The summed E-state index contributed by atoms with van der Waals surface area (Å²) in [5, 5.41) is 15.2. The number of rotatable bonds is 4. The maximum Gasteiger partial charge on any atom is 0.434 e. The Kier molecular flexibility index (Phi) is 3.76. The van der Waals surface area contributed by atoms with Crippen LogP contribution in [0.1, 0.15) is 5.69 Å². The van der Waals surface area contributed by atoms with Crippen molar-refractivity contribution in [3.8, 4) is 0 Å². The zero-order chi connectivity index (χ0) is 13.8. The van der Waals surface area contributed by atoms with Crippen molar-refractivity contribution in [1.82, 2.24) is 9.55 Å². The number of nitro groups is 1. The largest absolute Gasteiger partial charge is 0.434 e. The van der Waals surface area contributed by atoms with Gasteiger partial charge in [0.25, 0.3) is 0 Å². The van der Waals surface area contributed by atoms with E-state index < -0.39 is 4.92 Å². The molecule has 0 amide bonds. The Morgan fingerprint density at radius 2 is 2.16 bits per heavy atom. The van der Waals surface area contributed by atoms with E-state index in [4.69, 9.17) is 11.6 Å². The highest BCUT2D eigenvalue weighted by atomic mass is 35.5. The Morgan fingerprint density at radius 3 is 2.74 bits per heavy atom. The summed E-state index contributed by atoms with van der Waals surface area (Å²) in [6, 6.07) is 7.00. The molecule has 19 heavy (non-hydrogen) atoms. The Balaban J connectivity index is 2.07. The minimum atomic E-state index is -0.552. The van der Waals surface area contributed by atoms with E-state index in [0.29, 0.717) is 10.7 Å². The lowest BCUT2D eigenvalue weighted by atomic mass is 10.3. The summed E-state index contributed by atoms with van der Waals surface area (Å²) >= 11 is 5.75. The Hall–Kier alpha value is -2.41. The van der Waals surface area contributed by atoms with E-state index in [9.17, 15) is 10.1 Å². The molecule has 0 unspecified atom stereocenters. The van der Waals surface area contributed by atoms with Crippen molar-refractivity contribution in [2.75, 3.05) is 5.43 Å². The number of halogens is 1. The fraction of sp³-hybridized carbons (Fsp3) is 0.0909. The first-order valence-corrected chi connectivity index (χ1v) is 5.66. The normalized spacial score (nSPS) is 10.8. The Bertz CT molecular complexity index is 621. The molecule has 0 atom stereocenters. The minimum Gasteiger partial charge on any atom is -0.390 e. The van der Waals surface area contributed by atoms with Crippen LogP contribution in [0.3, 0.4) is 0 Å². The lowest BCUT2D eigenvalue weighted by Gasteiger charge is -1.99. The van der Waals surface area contributed by atoms with Crippen molar-refractivity contribution in [2.24, 2.45) is 12.1 Å². The van der Waals surface area contributed by atoms with Gasteiger partial charge in [0.05, 0.1) is 18.9 Å². The number of aromatic nitrogens is 2. The van der Waals surface area contributed by atoms with Crippen LogP contribution < -0.4 is 5.43 Å². The van der Waals surface area contributed by atoms with Crippen LogP contribution in [0.5, 0.6) is 0 Å². The predicted molar refractivity (Wildman–Crippen MR) is 72.5 cm³/mol. The van der Waals surface area contributed by atoms with Crippen LogP contribution in [0.15, 0.2) is 35.6 Å². The number of nitrogens with one attached hydrogen (secondary N) is 1. The quantitative estimate of drug-likeness (QED) is 0.529. The van der Waals surface area contributed by atoms with E-state index in [1.807, 2.05) is 0 Å². The highest BCUT2D eigenvalue weighted by molar-refractivity contribution is 6.30. The van der Waals surface area contributed by atoms with Gasteiger partial charge in [-0.05, 0) is 29.2 Å². The van der Waals surface area contributed by atoms with Crippen LogP contribution >= 0.6 is 11.6 Å². The standard InChI is InChI=1S/C11H10ClN5O2/c1-16-10(6-13-11(16)17(18)19)7-14-15-9-4-2-8(12)3-5-9/h2-7,15H,1H3. The number of hydrogen-bond acceptors (Lipinski definition) is 5. The number of nitrogens with zero attached hydrogens (tertiary/aromatic N) is 4. The second-order valence-electron chi connectivity index (χ2n) is 3.68. The van der Waals surface area contributed by atoms with E-state index in [1.165, 1.54) is 17.0 Å². The fourth-order valence-corrected chi connectivity index (χ4v) is 1.53. The summed E-state index contributed by atoms with van der Waals surface area (Å²) in [7, 11) is 1.55. The van der Waals surface area contributed by atoms with E-state index in [0.717, 1.165) is 5.69 Å². The van der Waals surface area contributed by atoms with Gasteiger partial charge >= 0.3 is 5.95 Å². The summed E-state index contributed by atoms with van der Waals surface area (Å²) in [4.78, 5) is 13.7. The summed E-state index contributed by atoms with van der Waals surface area (Å²) in [6.07, 6.45) is 2.83. The van der Waals surface area contributed by atoms with Crippen molar-refractivity contribution in [2.45, 2.75) is 0 Å². The summed E-state index contributed by atoms with van der Waals surface area (Å²) in [5.41, 5.74) is 4.07. The third kappa shape index (κ3) is 3.08. The van der Waals surface area contributed by atoms with Gasteiger partial charge in [0.15, 0.2) is 5.69 Å². The van der Waals surface area contributed by atoms with Gasteiger partial charge in [0.2, 0.25) is 0 Å². The molecule has 1 aromatic heterocycles. The number of hydrogen-bond donors (Lipinski definition) is 1. The molecule has 8 heteroatoms. The summed E-state index contributed by atoms with van der Waals surface area (Å²) in [5.74, 6) is -0.229. The molecule has 7 nitrogen and oxygen atoms in total. The molecule has 2 aromatic rings. The van der Waals surface area contributed by atoms with Crippen LogP contribution in [0.2, 0.25) is 5.02 Å². The van der Waals surface area contributed by atoms with E-state index in [2.05, 4.69) is 15.5 Å². The fourth-order valence-electron chi connectivity index (χ4n) is 1.40. The minimum absolute atomic E-state index is 0.229. The van der Waals surface area contributed by atoms with E-state index in [1.54, 1.807) is 31.3 Å². The van der Waals surface area contributed by atoms with Gasteiger partial charge in [-0.1, -0.05) is 16.6 Å². The molecule has 0 saturated carbocycles. The highest BCUT2D eigenvalue weighted by Gasteiger charge is 2.15. The molecular weight excluding hydrogens is 270 g/mol. The number of imidazole rings is 1. The molecule has 0 bridgehead atoms. The van der Waals surface area contributed by atoms with Gasteiger partial charge in [-0.2, -0.15) is 5.10 Å². The number of anilines is 1. The first kappa shape index (κ1) is 13.0. The first-order valence-electron chi connectivity index (χ1n) is 5.28. The smallest absolute Gasteiger partial charge is 0.390 e. The van der Waals surface area contributed by atoms with Crippen LogP contribution in [0.25, 0.3) is 0 Å². The first-order chi connectivity index (χ1) is 9.08. The molecule has 0 radical (unpaired) electrons. The number of hydrazone groups is 1. The zero-order valence-corrected chi connectivity index (χ0v) is 10.7. The maximum atomic E-state index is 10.6. The summed E-state index contributed by atoms with van der Waals surface area (Å²) in [6.45, 7) is 0. The van der Waals surface area contributed by atoms with Gasteiger partial charge in [0.1, 0.15) is 6.20 Å². The van der Waals surface area contributed by atoms with E-state index in [-0.39, 0.29) is 5.95 Å². The van der Waals surface area contributed by atoms with Gasteiger partial charge in [-0.25, -0.2) is 4.57 Å². The number of benzene rings is 1. The van der Waals surface area contributed by atoms with Crippen LogP contribution in [-0.2, 0) is 7.05 Å². The molecule has 1 N–H and O–H groups in total. The Morgan fingerprint density at radius 1 is 1.47 bits per heavy atom. The predicted octanol–water partition coefficient (Wildman–Crippen LogP) is 2.43. The van der Waals surface area contributed by atoms with Crippen LogP contribution in [-0.4, -0.2) is 20.7 Å². The van der Waals surface area contributed by atoms with Gasteiger partial charge in [0, 0.05) is 5.02 Å². The molecule has 0 spiro atoms. The molecule has 0 aliphatic carbocycles. The van der Waals surface area contributed by atoms with Crippen LogP contribution in [0, 0.1) is 10.1 Å². The molecule has 0 aliphatic heterocycles. The Labute approximate surface area is 113 Å². The van der Waals surface area contributed by atoms with Gasteiger partial charge in [-0.15, -0.1) is 0 Å². The topological polar surface area (TPSA) is 85.3 Å². The second kappa shape index (κ2) is 5.49. The molecular formula is C11H10ClN5O2. The van der Waals surface area contributed by atoms with Crippen molar-refractivity contribution in [3.63, 3.8) is 0 Å². The molecule has 2 rings (SSSR count). The second-order valence-corrected chi connectivity index (χ2v) is 4.11. The van der Waals surface area contributed by atoms with Crippen molar-refractivity contribution in [1.29, 1.82) is 0 Å². The lowest BCUT2D eigenvalue weighted by Crippen LogP contribution is -2.02. The molecule has 0 aliphatic rings. The van der Waals surface area contributed by atoms with E-state index >= 15 is 0 Å². The average molecular weight is 280 g/mol. The lowest BCUT2D eigenvalue weighted by molar-refractivity contribution is -0.396. The van der Waals surface area contributed by atoms with Crippen molar-refractivity contribution >= 4 is 29.5 Å². The average Bonchev–Trinajstić information content (AvgIpc) is 2.74. The van der Waals surface area contributed by atoms with Crippen molar-refractivity contribution in [3.05, 3.63) is 51.3 Å². The molecule has 98 valence electrons. The molecule has 1 aromatic carbocycles. The molecule has 0 fully saturated rings. The van der Waals surface area contributed by atoms with Crippen molar-refractivity contribution < 1.29 is 4.92 Å². The highest BCUT2D eigenvalue weighted by Crippen LogP contribution is 2.13. The molecule has 0 saturated heterocycles. The zero-order valence-electron chi connectivity index (χ0n) is 9.95. The monoisotopic (exact) mass is 279 g/mol.